The maximum Gasteiger partial charge on any atom is 0.295 e. The van der Waals surface area contributed by atoms with E-state index in [1.54, 1.807) is 19.1 Å². The second kappa shape index (κ2) is 8.00. The largest absolute Gasteiger partial charge is 0.367 e. The summed E-state index contributed by atoms with van der Waals surface area (Å²) in [5, 5.41) is 7.25. The molecule has 0 radical (unpaired) electrons. The number of nitrogens with one attached hydrogen (secondary N) is 1. The third-order valence-corrected chi connectivity index (χ3v) is 5.04. The average Bonchev–Trinajstić information content (AvgIpc) is 3.12. The van der Waals surface area contributed by atoms with Crippen molar-refractivity contribution in [2.75, 3.05) is 43.4 Å². The zero-order valence-corrected chi connectivity index (χ0v) is 16.5. The fourth-order valence-electron chi connectivity index (χ4n) is 3.39. The Morgan fingerprint density at radius 1 is 1.03 bits per heavy atom. The highest BCUT2D eigenvalue weighted by Crippen LogP contribution is 2.27. The molecule has 7 nitrogen and oxygen atoms in total. The highest BCUT2D eigenvalue weighted by atomic mass is 19.1. The number of rotatable bonds is 4. The van der Waals surface area contributed by atoms with Crippen LogP contribution in [0.25, 0.3) is 5.69 Å². The molecule has 0 unspecified atom stereocenters. The van der Waals surface area contributed by atoms with Crippen molar-refractivity contribution in [3.05, 3.63) is 66.0 Å². The van der Waals surface area contributed by atoms with Crippen LogP contribution in [-0.4, -0.2) is 58.8 Å². The Hall–Kier alpha value is -3.26. The summed E-state index contributed by atoms with van der Waals surface area (Å²) >= 11 is 0. The number of hydrogen-bond donors (Lipinski definition) is 1. The van der Waals surface area contributed by atoms with Crippen LogP contribution in [0.5, 0.6) is 0 Å². The molecule has 2 heterocycles. The number of nitrogens with zero attached hydrogens (tertiary/aromatic N) is 5. The summed E-state index contributed by atoms with van der Waals surface area (Å²) in [5.41, 5.74) is 2.37. The molecule has 0 spiro atoms. The van der Waals surface area contributed by atoms with Gasteiger partial charge in [0.25, 0.3) is 5.91 Å². The zero-order chi connectivity index (χ0) is 20.4. The van der Waals surface area contributed by atoms with Gasteiger partial charge in [-0.1, -0.05) is 12.1 Å². The first-order valence-corrected chi connectivity index (χ1v) is 9.55. The van der Waals surface area contributed by atoms with Crippen LogP contribution in [0.2, 0.25) is 0 Å². The van der Waals surface area contributed by atoms with E-state index < -0.39 is 0 Å². The number of anilines is 2. The Balaban J connectivity index is 1.55. The predicted octanol–water partition coefficient (Wildman–Crippen LogP) is 2.72. The molecule has 2 aromatic carbocycles. The smallest absolute Gasteiger partial charge is 0.295 e. The Morgan fingerprint density at radius 2 is 1.72 bits per heavy atom. The van der Waals surface area contributed by atoms with Gasteiger partial charge in [0.15, 0.2) is 0 Å². The van der Waals surface area contributed by atoms with Gasteiger partial charge in [-0.15, -0.1) is 5.10 Å². The number of halogens is 1. The van der Waals surface area contributed by atoms with Crippen molar-refractivity contribution in [3.63, 3.8) is 0 Å². The fourth-order valence-corrected chi connectivity index (χ4v) is 3.39. The minimum Gasteiger partial charge on any atom is -0.367 e. The standard InChI is InChI=1S/C21H23FN6O/c1-15-23-20(25-28(15)17-9-7-16(22)8-10-17)21(29)24-18-5-3-4-6-19(18)27-13-11-26(2)12-14-27/h3-10H,11-14H2,1-2H3,(H,24,29). The van der Waals surface area contributed by atoms with Gasteiger partial charge in [-0.05, 0) is 50.4 Å². The van der Waals surface area contributed by atoms with E-state index in [1.807, 2.05) is 24.3 Å². The molecule has 8 heteroatoms. The first-order chi connectivity index (χ1) is 14.0. The lowest BCUT2D eigenvalue weighted by Crippen LogP contribution is -2.44. The predicted molar refractivity (Wildman–Crippen MR) is 110 cm³/mol. The minimum atomic E-state index is -0.379. The average molecular weight is 394 g/mol. The zero-order valence-electron chi connectivity index (χ0n) is 16.5. The molecular weight excluding hydrogens is 371 g/mol. The normalized spacial score (nSPS) is 14.8. The second-order valence-electron chi connectivity index (χ2n) is 7.13. The second-order valence-corrected chi connectivity index (χ2v) is 7.13. The number of aryl methyl sites for hydroxylation is 1. The van der Waals surface area contributed by atoms with Crippen molar-refractivity contribution in [2.45, 2.75) is 6.92 Å². The van der Waals surface area contributed by atoms with E-state index in [0.29, 0.717) is 11.5 Å². The molecule has 1 amide bonds. The van der Waals surface area contributed by atoms with E-state index in [1.165, 1.54) is 16.8 Å². The van der Waals surface area contributed by atoms with E-state index in [2.05, 4.69) is 32.2 Å². The quantitative estimate of drug-likeness (QED) is 0.737. The highest BCUT2D eigenvalue weighted by Gasteiger charge is 2.20. The van der Waals surface area contributed by atoms with E-state index in [-0.39, 0.29) is 17.5 Å². The SMILES string of the molecule is Cc1nc(C(=O)Nc2ccccc2N2CCN(C)CC2)nn1-c1ccc(F)cc1. The molecule has 150 valence electrons. The molecule has 1 aromatic heterocycles. The molecule has 1 N–H and O–H groups in total. The third kappa shape index (κ3) is 4.12. The number of hydrogen-bond acceptors (Lipinski definition) is 5. The van der Waals surface area contributed by atoms with Gasteiger partial charge in [0.05, 0.1) is 17.1 Å². The van der Waals surface area contributed by atoms with Crippen molar-refractivity contribution < 1.29 is 9.18 Å². The molecule has 3 aromatic rings. The van der Waals surface area contributed by atoms with Crippen molar-refractivity contribution in [1.29, 1.82) is 0 Å². The maximum atomic E-state index is 13.2. The van der Waals surface area contributed by atoms with E-state index in [9.17, 15) is 9.18 Å². The van der Waals surface area contributed by atoms with E-state index >= 15 is 0 Å². The van der Waals surface area contributed by atoms with Crippen LogP contribution >= 0.6 is 0 Å². The van der Waals surface area contributed by atoms with Crippen LogP contribution in [0.4, 0.5) is 15.8 Å². The molecule has 4 rings (SSSR count). The molecule has 1 fully saturated rings. The first kappa shape index (κ1) is 19.1. The van der Waals surface area contributed by atoms with Crippen LogP contribution in [0, 0.1) is 12.7 Å². The molecule has 0 aliphatic carbocycles. The van der Waals surface area contributed by atoms with Crippen molar-refractivity contribution >= 4 is 17.3 Å². The lowest BCUT2D eigenvalue weighted by molar-refractivity contribution is 0.101. The molecule has 1 saturated heterocycles. The summed E-state index contributed by atoms with van der Waals surface area (Å²) in [6.07, 6.45) is 0. The molecule has 29 heavy (non-hydrogen) atoms. The maximum absolute atomic E-state index is 13.2. The van der Waals surface area contributed by atoms with Gasteiger partial charge >= 0.3 is 0 Å². The lowest BCUT2D eigenvalue weighted by atomic mass is 10.2. The number of carbonyl (C=O) groups is 1. The topological polar surface area (TPSA) is 66.3 Å². The number of piperazine rings is 1. The summed E-state index contributed by atoms with van der Waals surface area (Å²) in [4.78, 5) is 21.7. The molecule has 1 aliphatic heterocycles. The van der Waals surface area contributed by atoms with Gasteiger partial charge in [0.1, 0.15) is 11.6 Å². The summed E-state index contributed by atoms with van der Waals surface area (Å²) in [7, 11) is 2.11. The van der Waals surface area contributed by atoms with E-state index in [4.69, 9.17) is 0 Å². The van der Waals surface area contributed by atoms with Crippen LogP contribution in [0.3, 0.4) is 0 Å². The molecule has 0 bridgehead atoms. The van der Waals surface area contributed by atoms with Crippen LogP contribution in [0.15, 0.2) is 48.5 Å². The summed E-state index contributed by atoms with van der Waals surface area (Å²) < 4.78 is 14.7. The molecule has 0 atom stereocenters. The Kier molecular flexibility index (Phi) is 5.26. The van der Waals surface area contributed by atoms with Gasteiger partial charge in [0.2, 0.25) is 5.82 Å². The number of para-hydroxylation sites is 2. The van der Waals surface area contributed by atoms with Crippen LogP contribution < -0.4 is 10.2 Å². The van der Waals surface area contributed by atoms with Gasteiger partial charge in [-0.3, -0.25) is 4.79 Å². The highest BCUT2D eigenvalue weighted by molar-refractivity contribution is 6.03. The summed E-state index contributed by atoms with van der Waals surface area (Å²) in [5.74, 6) is -0.0883. The van der Waals surface area contributed by atoms with Crippen molar-refractivity contribution in [2.24, 2.45) is 0 Å². The number of benzene rings is 2. The fraction of sp³-hybridized carbons (Fsp3) is 0.286. The van der Waals surface area contributed by atoms with Crippen LogP contribution in [-0.2, 0) is 0 Å². The van der Waals surface area contributed by atoms with Gasteiger partial charge in [0, 0.05) is 26.2 Å². The number of carbonyl (C=O) groups excluding carboxylic acids is 1. The minimum absolute atomic E-state index is 0.0694. The van der Waals surface area contributed by atoms with Gasteiger partial charge in [-0.2, -0.15) is 0 Å². The molecule has 1 aliphatic rings. The monoisotopic (exact) mass is 394 g/mol. The number of aromatic nitrogens is 3. The number of likely N-dealkylation sites (N-methyl/N-ethyl adjacent to an activating group) is 1. The molecular formula is C21H23FN6O. The Morgan fingerprint density at radius 3 is 2.45 bits per heavy atom. The number of amides is 1. The Labute approximate surface area is 168 Å². The van der Waals surface area contributed by atoms with E-state index in [0.717, 1.165) is 37.6 Å². The first-order valence-electron chi connectivity index (χ1n) is 9.55. The van der Waals surface area contributed by atoms with Crippen molar-refractivity contribution in [3.8, 4) is 5.69 Å². The van der Waals surface area contributed by atoms with Gasteiger partial charge in [-0.25, -0.2) is 14.1 Å². The lowest BCUT2D eigenvalue weighted by Gasteiger charge is -2.35. The summed E-state index contributed by atoms with van der Waals surface area (Å²) in [6, 6.07) is 13.7. The molecule has 0 saturated carbocycles. The third-order valence-electron chi connectivity index (χ3n) is 5.04. The van der Waals surface area contributed by atoms with Crippen molar-refractivity contribution in [1.82, 2.24) is 19.7 Å². The van der Waals surface area contributed by atoms with Gasteiger partial charge < -0.3 is 15.1 Å². The summed E-state index contributed by atoms with van der Waals surface area (Å²) in [6.45, 7) is 5.52. The Bertz CT molecular complexity index is 1010. The van der Waals surface area contributed by atoms with Crippen LogP contribution in [0.1, 0.15) is 16.4 Å².